The molecule has 3 unspecified atom stereocenters. The highest BCUT2D eigenvalue weighted by Gasteiger charge is 2.32. The molecule has 0 aliphatic carbocycles. The van der Waals surface area contributed by atoms with Gasteiger partial charge in [0.05, 0.1) is 49.4 Å². The first kappa shape index (κ1) is 54.0. The van der Waals surface area contributed by atoms with E-state index in [1.54, 1.807) is 18.2 Å². The minimum absolute atomic E-state index is 0.00446. The van der Waals surface area contributed by atoms with Crippen LogP contribution in [0.2, 0.25) is 5.02 Å². The molecule has 4 rings (SSSR count). The Morgan fingerprint density at radius 1 is 0.949 bits per heavy atom. The summed E-state index contributed by atoms with van der Waals surface area (Å²) in [6, 6.07) is 10.6. The number of aliphatic hydroxyl groups excluding tert-OH is 1. The van der Waals surface area contributed by atoms with Gasteiger partial charge < -0.3 is 40.8 Å². The number of nitriles is 2. The van der Waals surface area contributed by atoms with Crippen molar-refractivity contribution in [2.75, 3.05) is 38.5 Å². The second-order valence-electron chi connectivity index (χ2n) is 14.9. The number of fused-ring (bicyclic) bond motifs is 1. The molecule has 1 fully saturated rings. The largest absolute Gasteiger partial charge is 0.472 e. The molecule has 2 aromatic rings. The van der Waals surface area contributed by atoms with Gasteiger partial charge in [-0.2, -0.15) is 5.26 Å². The van der Waals surface area contributed by atoms with Gasteiger partial charge in [-0.05, 0) is 75.4 Å². The van der Waals surface area contributed by atoms with Crippen molar-refractivity contribution in [3.63, 3.8) is 0 Å². The van der Waals surface area contributed by atoms with Crippen molar-refractivity contribution in [2.24, 2.45) is 10.7 Å². The molecular formula is C42H70ClN6O9P. The number of nitrogens with one attached hydrogen (secondary N) is 1. The SMILES string of the molecule is C#N.CC(C)(O)O.CCCCCCCCCCCCCCCCOCCCOP(=O)(O)OCC1CCC(c2ccc3n2NCN=C3N)O1.N#Cc1cc(Cl)cc(CO)c1. The number of halogens is 1. The lowest BCUT2D eigenvalue weighted by molar-refractivity contribution is -0.127. The van der Waals surface area contributed by atoms with Crippen LogP contribution in [0.4, 0.5) is 0 Å². The molecule has 1 aromatic carbocycles. The number of rotatable bonds is 25. The number of benzene rings is 1. The number of phosphoric acid groups is 1. The van der Waals surface area contributed by atoms with Crippen LogP contribution in [0.15, 0.2) is 35.3 Å². The molecule has 3 heterocycles. The second-order valence-corrected chi connectivity index (χ2v) is 16.8. The maximum Gasteiger partial charge on any atom is 0.472 e. The van der Waals surface area contributed by atoms with E-state index < -0.39 is 13.6 Å². The van der Waals surface area contributed by atoms with Gasteiger partial charge in [-0.1, -0.05) is 102 Å². The molecule has 0 spiro atoms. The fourth-order valence-electron chi connectivity index (χ4n) is 6.26. The Morgan fingerprint density at radius 3 is 2.10 bits per heavy atom. The Hall–Kier alpha value is -3.05. The Bertz CT molecular complexity index is 1560. The molecule has 59 heavy (non-hydrogen) atoms. The smallest absolute Gasteiger partial charge is 0.392 e. The monoisotopic (exact) mass is 868 g/mol. The van der Waals surface area contributed by atoms with Crippen LogP contribution in [0.5, 0.6) is 0 Å². The van der Waals surface area contributed by atoms with Gasteiger partial charge in [-0.3, -0.25) is 13.7 Å². The highest BCUT2D eigenvalue weighted by molar-refractivity contribution is 7.47. The van der Waals surface area contributed by atoms with E-state index in [1.807, 2.05) is 22.9 Å². The molecule has 1 saturated heterocycles. The summed E-state index contributed by atoms with van der Waals surface area (Å²) in [5, 5.41) is 40.3. The summed E-state index contributed by atoms with van der Waals surface area (Å²) in [4.78, 5) is 14.2. The standard InChI is InChI=1S/C30H55N4O6P.C8H6ClNO.C3H8O2.CHN/c1-2-3-4-5-6-7-8-9-10-11-12-13-14-15-21-37-22-16-23-38-41(35,36)39-24-26-17-20-29(40-26)27-18-19-28-30(31)32-25-33-34(27)28;9-8-2-6(4-10)1-7(3-8)5-11;1-3(2,4)5;1-2/h18-19,26,29,33H,2-17,20-25H2,1H3,(H2,31,32)(H,35,36);1-3,11H,5H2;4-5H,1-2H3;1H. The second kappa shape index (κ2) is 31.8. The number of aromatic nitrogens is 1. The number of unbranched alkanes of at least 4 members (excludes halogenated alkanes) is 13. The number of ether oxygens (including phenoxy) is 2. The van der Waals surface area contributed by atoms with Gasteiger partial charge in [0, 0.05) is 24.8 Å². The molecule has 7 N–H and O–H groups in total. The third kappa shape index (κ3) is 26.0. The van der Waals surface area contributed by atoms with Crippen LogP contribution in [0, 0.1) is 23.2 Å². The first-order valence-corrected chi connectivity index (χ1v) is 22.8. The van der Waals surface area contributed by atoms with E-state index in [-0.39, 0.29) is 32.0 Å². The van der Waals surface area contributed by atoms with Crippen LogP contribution in [0.3, 0.4) is 0 Å². The lowest BCUT2D eigenvalue weighted by Gasteiger charge is -2.21. The minimum atomic E-state index is -4.13. The van der Waals surface area contributed by atoms with Crippen molar-refractivity contribution in [3.05, 3.63) is 57.9 Å². The Morgan fingerprint density at radius 2 is 1.53 bits per heavy atom. The van der Waals surface area contributed by atoms with Crippen molar-refractivity contribution >= 4 is 25.3 Å². The topological polar surface area (TPSA) is 238 Å². The molecule has 334 valence electrons. The van der Waals surface area contributed by atoms with E-state index in [4.69, 9.17) is 61.7 Å². The maximum atomic E-state index is 12.3. The molecule has 2 aliphatic heterocycles. The number of phosphoric ester groups is 1. The average molecular weight is 869 g/mol. The van der Waals surface area contributed by atoms with Gasteiger partial charge in [0.2, 0.25) is 0 Å². The quantitative estimate of drug-likeness (QED) is 0.0312. The van der Waals surface area contributed by atoms with E-state index in [9.17, 15) is 9.46 Å². The maximum absolute atomic E-state index is 12.3. The fraction of sp³-hybridized carbons (Fsp3) is 0.690. The summed E-state index contributed by atoms with van der Waals surface area (Å²) in [6.07, 6.45) is 20.4. The lowest BCUT2D eigenvalue weighted by atomic mass is 10.0. The van der Waals surface area contributed by atoms with Crippen molar-refractivity contribution in [1.82, 2.24) is 4.68 Å². The van der Waals surface area contributed by atoms with Gasteiger partial charge in [-0.15, -0.1) is 0 Å². The van der Waals surface area contributed by atoms with Crippen LogP contribution < -0.4 is 11.2 Å². The van der Waals surface area contributed by atoms with Crippen LogP contribution in [-0.4, -0.2) is 75.7 Å². The van der Waals surface area contributed by atoms with Crippen LogP contribution in [-0.2, 0) is 29.7 Å². The Kier molecular flexibility index (Phi) is 29.1. The van der Waals surface area contributed by atoms with Crippen molar-refractivity contribution < 1.29 is 43.3 Å². The van der Waals surface area contributed by atoms with Crippen molar-refractivity contribution in [2.45, 2.75) is 155 Å². The van der Waals surface area contributed by atoms with Crippen LogP contribution in [0.1, 0.15) is 159 Å². The number of aliphatic hydroxyl groups is 3. The van der Waals surface area contributed by atoms with Gasteiger partial charge >= 0.3 is 7.82 Å². The predicted molar refractivity (Wildman–Crippen MR) is 231 cm³/mol. The average Bonchev–Trinajstić information content (AvgIpc) is 3.86. The minimum Gasteiger partial charge on any atom is -0.392 e. The zero-order valence-corrected chi connectivity index (χ0v) is 37.1. The zero-order chi connectivity index (χ0) is 43.9. The molecule has 0 saturated carbocycles. The molecule has 1 aromatic heterocycles. The summed E-state index contributed by atoms with van der Waals surface area (Å²) >= 11 is 5.65. The normalized spacial score (nSPS) is 16.7. The Balaban J connectivity index is 0.000000799. The predicted octanol–water partition coefficient (Wildman–Crippen LogP) is 8.50. The van der Waals surface area contributed by atoms with E-state index in [0.717, 1.165) is 37.3 Å². The van der Waals surface area contributed by atoms with Crippen molar-refractivity contribution in [1.29, 1.82) is 10.5 Å². The molecule has 0 bridgehead atoms. The van der Waals surface area contributed by atoms with E-state index in [1.165, 1.54) is 97.3 Å². The number of hydrogen-bond donors (Lipinski definition) is 6. The fourth-order valence-corrected chi connectivity index (χ4v) is 7.31. The number of nitrogens with two attached hydrogens (primary N) is 1. The van der Waals surface area contributed by atoms with Crippen molar-refractivity contribution in [3.8, 4) is 12.6 Å². The van der Waals surface area contributed by atoms with Gasteiger partial charge in [0.1, 0.15) is 18.2 Å². The molecule has 15 nitrogen and oxygen atoms in total. The molecule has 2 aliphatic rings. The lowest BCUT2D eigenvalue weighted by Crippen LogP contribution is -2.32. The van der Waals surface area contributed by atoms with Crippen LogP contribution in [0.25, 0.3) is 0 Å². The molecule has 3 atom stereocenters. The number of nitrogens with zero attached hydrogens (tertiary/aromatic N) is 4. The highest BCUT2D eigenvalue weighted by atomic mass is 35.5. The number of amidine groups is 1. The first-order valence-electron chi connectivity index (χ1n) is 20.9. The van der Waals surface area contributed by atoms with Crippen LogP contribution >= 0.6 is 19.4 Å². The summed E-state index contributed by atoms with van der Waals surface area (Å²) in [5.74, 6) is -1.01. The molecule has 0 amide bonds. The molecule has 0 radical (unpaired) electrons. The summed E-state index contributed by atoms with van der Waals surface area (Å²) in [5.41, 5.74) is 12.0. The van der Waals surface area contributed by atoms with Gasteiger partial charge in [-0.25, -0.2) is 14.8 Å². The van der Waals surface area contributed by atoms with Gasteiger partial charge in [0.25, 0.3) is 0 Å². The van der Waals surface area contributed by atoms with E-state index in [0.29, 0.717) is 41.7 Å². The highest BCUT2D eigenvalue weighted by Crippen LogP contribution is 2.44. The van der Waals surface area contributed by atoms with Gasteiger partial charge in [0.15, 0.2) is 5.79 Å². The Labute approximate surface area is 357 Å². The van der Waals surface area contributed by atoms with E-state index in [2.05, 4.69) is 23.9 Å². The zero-order valence-electron chi connectivity index (χ0n) is 35.4. The number of aliphatic imine (C=N–C) groups is 1. The third-order valence-electron chi connectivity index (χ3n) is 9.11. The first-order chi connectivity index (χ1) is 28.3. The van der Waals surface area contributed by atoms with E-state index >= 15 is 0 Å². The number of hydrogen-bond acceptors (Lipinski definition) is 13. The molecular weight excluding hydrogens is 799 g/mol. The summed E-state index contributed by atoms with van der Waals surface area (Å²) in [6.45, 7) is 10.1. The summed E-state index contributed by atoms with van der Waals surface area (Å²) < 4.78 is 36.2. The molecule has 17 heteroatoms. The third-order valence-corrected chi connectivity index (χ3v) is 10.3. The summed E-state index contributed by atoms with van der Waals surface area (Å²) in [7, 11) is -4.13.